The van der Waals surface area contributed by atoms with Crippen LogP contribution in [0.5, 0.6) is 5.75 Å². The lowest BCUT2D eigenvalue weighted by Crippen LogP contribution is -2.45. The number of nitrogens with one attached hydrogen (secondary N) is 1. The third-order valence-corrected chi connectivity index (χ3v) is 3.84. The summed E-state index contributed by atoms with van der Waals surface area (Å²) in [6.45, 7) is 6.75. The Morgan fingerprint density at radius 2 is 2.50 bits per heavy atom. The summed E-state index contributed by atoms with van der Waals surface area (Å²) in [6.07, 6.45) is 0.201. The lowest BCUT2D eigenvalue weighted by atomic mass is 10.2. The molecular weight excluding hydrogens is 252 g/mol. The summed E-state index contributed by atoms with van der Waals surface area (Å²) in [5.74, 6) is 1.06. The SMILES string of the molecule is CCN1CCOC(CNc2snc(N)c2OC)C1. The topological polar surface area (TPSA) is 72.6 Å². The summed E-state index contributed by atoms with van der Waals surface area (Å²) in [5.41, 5.74) is 5.70. The second-order valence-electron chi connectivity index (χ2n) is 4.20. The van der Waals surface area contributed by atoms with E-state index < -0.39 is 0 Å². The quantitative estimate of drug-likeness (QED) is 0.828. The van der Waals surface area contributed by atoms with Gasteiger partial charge < -0.3 is 20.5 Å². The van der Waals surface area contributed by atoms with Crippen LogP contribution in [0, 0.1) is 0 Å². The van der Waals surface area contributed by atoms with E-state index in [2.05, 4.69) is 21.5 Å². The summed E-state index contributed by atoms with van der Waals surface area (Å²) in [5, 5.41) is 4.17. The normalized spacial score (nSPS) is 20.9. The van der Waals surface area contributed by atoms with Crippen LogP contribution < -0.4 is 15.8 Å². The van der Waals surface area contributed by atoms with Crippen molar-refractivity contribution in [2.24, 2.45) is 0 Å². The van der Waals surface area contributed by atoms with Crippen LogP contribution in [0.4, 0.5) is 10.8 Å². The molecule has 6 nitrogen and oxygen atoms in total. The summed E-state index contributed by atoms with van der Waals surface area (Å²) >= 11 is 1.32. The molecule has 0 bridgehead atoms. The van der Waals surface area contributed by atoms with Gasteiger partial charge in [-0.05, 0) is 18.1 Å². The monoisotopic (exact) mass is 272 g/mol. The molecule has 0 amide bonds. The predicted octanol–water partition coefficient (Wildman–Crippen LogP) is 0.867. The first-order valence-electron chi connectivity index (χ1n) is 6.11. The van der Waals surface area contributed by atoms with E-state index in [4.69, 9.17) is 15.2 Å². The molecule has 7 heteroatoms. The second-order valence-corrected chi connectivity index (χ2v) is 4.97. The molecule has 0 saturated carbocycles. The highest BCUT2D eigenvalue weighted by Gasteiger charge is 2.20. The molecule has 1 atom stereocenters. The number of ether oxygens (including phenoxy) is 2. The Labute approximate surface area is 111 Å². The highest BCUT2D eigenvalue weighted by molar-refractivity contribution is 7.11. The maximum absolute atomic E-state index is 5.72. The molecule has 1 aliphatic rings. The largest absolute Gasteiger partial charge is 0.490 e. The van der Waals surface area contributed by atoms with Gasteiger partial charge in [0.2, 0.25) is 0 Å². The van der Waals surface area contributed by atoms with Crippen LogP contribution in [0.15, 0.2) is 0 Å². The first-order valence-corrected chi connectivity index (χ1v) is 6.88. The van der Waals surface area contributed by atoms with Gasteiger partial charge >= 0.3 is 0 Å². The number of hydrogen-bond acceptors (Lipinski definition) is 7. The number of nitrogen functional groups attached to an aromatic ring is 1. The zero-order valence-electron chi connectivity index (χ0n) is 10.8. The molecule has 0 spiro atoms. The third-order valence-electron chi connectivity index (χ3n) is 3.04. The standard InChI is InChI=1S/C11H20N4O2S/c1-3-15-4-5-17-8(7-15)6-13-11-9(16-2)10(12)14-18-11/h8,13H,3-7H2,1-2H3,(H2,12,14). The maximum Gasteiger partial charge on any atom is 0.197 e. The van der Waals surface area contributed by atoms with Gasteiger partial charge in [0.15, 0.2) is 16.6 Å². The average molecular weight is 272 g/mol. The summed E-state index contributed by atoms with van der Waals surface area (Å²) in [4.78, 5) is 2.38. The van der Waals surface area contributed by atoms with Gasteiger partial charge in [-0.2, -0.15) is 4.37 Å². The van der Waals surface area contributed by atoms with E-state index in [1.165, 1.54) is 11.5 Å². The molecule has 0 aliphatic carbocycles. The fourth-order valence-corrected chi connectivity index (χ4v) is 2.69. The number of rotatable bonds is 5. The van der Waals surface area contributed by atoms with Crippen molar-refractivity contribution in [2.45, 2.75) is 13.0 Å². The van der Waals surface area contributed by atoms with E-state index in [1.807, 2.05) is 0 Å². The van der Waals surface area contributed by atoms with Crippen LogP contribution in [0.3, 0.4) is 0 Å². The van der Waals surface area contributed by atoms with E-state index >= 15 is 0 Å². The van der Waals surface area contributed by atoms with Crippen molar-refractivity contribution in [3.63, 3.8) is 0 Å². The van der Waals surface area contributed by atoms with Gasteiger partial charge in [-0.1, -0.05) is 6.92 Å². The van der Waals surface area contributed by atoms with Crippen LogP contribution in [0.25, 0.3) is 0 Å². The zero-order chi connectivity index (χ0) is 13.0. The van der Waals surface area contributed by atoms with Gasteiger partial charge in [0.25, 0.3) is 0 Å². The van der Waals surface area contributed by atoms with Gasteiger partial charge in [0, 0.05) is 19.6 Å². The van der Waals surface area contributed by atoms with Gasteiger partial charge in [0.1, 0.15) is 0 Å². The van der Waals surface area contributed by atoms with Crippen LogP contribution in [0.1, 0.15) is 6.92 Å². The molecule has 2 rings (SSSR count). The molecule has 1 aromatic heterocycles. The molecule has 18 heavy (non-hydrogen) atoms. The van der Waals surface area contributed by atoms with Crippen LogP contribution in [-0.2, 0) is 4.74 Å². The molecule has 2 heterocycles. The van der Waals surface area contributed by atoms with Crippen molar-refractivity contribution < 1.29 is 9.47 Å². The van der Waals surface area contributed by atoms with Gasteiger partial charge in [0.05, 0.1) is 19.8 Å². The second kappa shape index (κ2) is 6.21. The number of aromatic nitrogens is 1. The Kier molecular flexibility index (Phi) is 4.62. The molecule has 3 N–H and O–H groups in total. The van der Waals surface area contributed by atoms with E-state index in [0.29, 0.717) is 11.6 Å². The minimum atomic E-state index is 0.201. The number of anilines is 2. The van der Waals surface area contributed by atoms with Crippen molar-refractivity contribution in [2.75, 3.05) is 50.9 Å². The highest BCUT2D eigenvalue weighted by Crippen LogP contribution is 2.34. The highest BCUT2D eigenvalue weighted by atomic mass is 32.1. The molecule has 1 aromatic rings. The van der Waals surface area contributed by atoms with Crippen LogP contribution in [-0.4, -0.2) is 55.3 Å². The lowest BCUT2D eigenvalue weighted by Gasteiger charge is -2.32. The van der Waals surface area contributed by atoms with Gasteiger partial charge in [-0.3, -0.25) is 4.90 Å². The number of methoxy groups -OCH3 is 1. The molecular formula is C11H20N4O2S. The first-order chi connectivity index (χ1) is 8.74. The first kappa shape index (κ1) is 13.4. The Hall–Kier alpha value is -1.05. The number of likely N-dealkylation sites (N-methyl/N-ethyl adjacent to an activating group) is 1. The number of nitrogens with two attached hydrogens (primary N) is 1. The maximum atomic E-state index is 5.72. The van der Waals surface area contributed by atoms with Crippen molar-refractivity contribution in [1.82, 2.24) is 9.27 Å². The Morgan fingerprint density at radius 3 is 3.22 bits per heavy atom. The molecule has 102 valence electrons. The summed E-state index contributed by atoms with van der Waals surface area (Å²) in [7, 11) is 1.60. The minimum absolute atomic E-state index is 0.201. The minimum Gasteiger partial charge on any atom is -0.490 e. The van der Waals surface area contributed by atoms with Crippen molar-refractivity contribution in [3.8, 4) is 5.75 Å². The van der Waals surface area contributed by atoms with E-state index in [1.54, 1.807) is 7.11 Å². The lowest BCUT2D eigenvalue weighted by molar-refractivity contribution is -0.0191. The molecule has 1 aliphatic heterocycles. The van der Waals surface area contributed by atoms with E-state index in [0.717, 1.165) is 37.8 Å². The van der Waals surface area contributed by atoms with Crippen LogP contribution >= 0.6 is 11.5 Å². The summed E-state index contributed by atoms with van der Waals surface area (Å²) in [6, 6.07) is 0. The van der Waals surface area contributed by atoms with Crippen molar-refractivity contribution in [1.29, 1.82) is 0 Å². The van der Waals surface area contributed by atoms with E-state index in [9.17, 15) is 0 Å². The number of nitrogens with zero attached hydrogens (tertiary/aromatic N) is 2. The van der Waals surface area contributed by atoms with E-state index in [-0.39, 0.29) is 6.10 Å². The van der Waals surface area contributed by atoms with Crippen molar-refractivity contribution in [3.05, 3.63) is 0 Å². The fourth-order valence-electron chi connectivity index (χ4n) is 2.00. The Balaban J connectivity index is 1.87. The van der Waals surface area contributed by atoms with Crippen LogP contribution in [0.2, 0.25) is 0 Å². The Bertz CT molecular complexity index is 385. The average Bonchev–Trinajstić information content (AvgIpc) is 2.77. The third kappa shape index (κ3) is 3.04. The smallest absolute Gasteiger partial charge is 0.197 e. The molecule has 0 aromatic carbocycles. The summed E-state index contributed by atoms with van der Waals surface area (Å²) < 4.78 is 15.0. The zero-order valence-corrected chi connectivity index (χ0v) is 11.6. The van der Waals surface area contributed by atoms with Gasteiger partial charge in [-0.25, -0.2) is 0 Å². The van der Waals surface area contributed by atoms with Gasteiger partial charge in [-0.15, -0.1) is 0 Å². The fraction of sp³-hybridized carbons (Fsp3) is 0.727. The predicted molar refractivity (Wildman–Crippen MR) is 73.4 cm³/mol. The molecule has 0 radical (unpaired) electrons. The van der Waals surface area contributed by atoms with Crippen molar-refractivity contribution >= 4 is 22.4 Å². The molecule has 1 saturated heterocycles. The number of morpholine rings is 1. The molecule has 1 unspecified atom stereocenters. The Morgan fingerprint density at radius 1 is 1.67 bits per heavy atom. The molecule has 1 fully saturated rings. The number of hydrogen-bond donors (Lipinski definition) is 2.